The Morgan fingerprint density at radius 2 is 2.28 bits per heavy atom. The number of nitrogens with one attached hydrogen (secondary N) is 2. The summed E-state index contributed by atoms with van der Waals surface area (Å²) in [5.41, 5.74) is 7.65. The van der Waals surface area contributed by atoms with Crippen LogP contribution in [0, 0.1) is 17.7 Å². The number of hydrogen-bond donors (Lipinski definition) is 4. The highest BCUT2D eigenvalue weighted by Gasteiger charge is 2.28. The first kappa shape index (κ1) is 16.8. The zero-order valence-corrected chi connectivity index (χ0v) is 13.4. The number of hydrogen-bond acceptors (Lipinski definition) is 4. The number of amides is 1. The maximum Gasteiger partial charge on any atom is 0.256 e. The number of aromatic nitrogens is 1. The van der Waals surface area contributed by atoms with Gasteiger partial charge in [-0.1, -0.05) is 11.8 Å². The Hall–Kier alpha value is -3.08. The SMILES string of the molecule is COc1cc[nH]c1C=C1C(=O)Nc2cc(F)cc(C#CC(N)CO)c21. The van der Waals surface area contributed by atoms with Gasteiger partial charge in [-0.25, -0.2) is 4.39 Å². The van der Waals surface area contributed by atoms with Crippen molar-refractivity contribution < 1.29 is 19.0 Å². The molecular formula is C18H16FN3O3. The van der Waals surface area contributed by atoms with Crippen molar-refractivity contribution >= 4 is 23.2 Å². The van der Waals surface area contributed by atoms with Crippen LogP contribution in [0.25, 0.3) is 11.6 Å². The van der Waals surface area contributed by atoms with Gasteiger partial charge in [-0.3, -0.25) is 4.79 Å². The van der Waals surface area contributed by atoms with E-state index in [1.165, 1.54) is 19.2 Å². The zero-order valence-electron chi connectivity index (χ0n) is 13.4. The van der Waals surface area contributed by atoms with Crippen LogP contribution in [-0.2, 0) is 4.79 Å². The molecular weight excluding hydrogens is 325 g/mol. The van der Waals surface area contributed by atoms with Crippen molar-refractivity contribution in [3.63, 3.8) is 0 Å². The standard InChI is InChI=1S/C18H16FN3O3/c1-25-16-4-5-21-14(16)8-13-17-10(2-3-12(20)9-23)6-11(19)7-15(17)22-18(13)24/h4-8,12,21,23H,9,20H2,1H3,(H,22,24). The molecule has 1 aliphatic heterocycles. The van der Waals surface area contributed by atoms with Gasteiger partial charge in [0.1, 0.15) is 11.6 Å². The van der Waals surface area contributed by atoms with Gasteiger partial charge in [0.2, 0.25) is 0 Å². The number of aromatic amines is 1. The summed E-state index contributed by atoms with van der Waals surface area (Å²) in [6.45, 7) is -0.315. The number of carbonyl (C=O) groups excluding carboxylic acids is 1. The minimum atomic E-state index is -0.750. The molecule has 1 atom stereocenters. The van der Waals surface area contributed by atoms with E-state index < -0.39 is 11.9 Å². The topological polar surface area (TPSA) is 100 Å². The predicted octanol–water partition coefficient (Wildman–Crippen LogP) is 1.33. The summed E-state index contributed by atoms with van der Waals surface area (Å²) in [6.07, 6.45) is 3.31. The summed E-state index contributed by atoms with van der Waals surface area (Å²) < 4.78 is 19.1. The van der Waals surface area contributed by atoms with Gasteiger partial charge >= 0.3 is 0 Å². The Morgan fingerprint density at radius 3 is 3.00 bits per heavy atom. The van der Waals surface area contributed by atoms with Gasteiger partial charge in [-0.05, 0) is 24.3 Å². The number of aliphatic hydroxyl groups is 1. The maximum absolute atomic E-state index is 13.8. The van der Waals surface area contributed by atoms with Crippen molar-refractivity contribution in [1.29, 1.82) is 0 Å². The number of halogens is 1. The van der Waals surface area contributed by atoms with Gasteiger partial charge in [0.15, 0.2) is 0 Å². The number of nitrogens with two attached hydrogens (primary N) is 1. The van der Waals surface area contributed by atoms with Crippen LogP contribution in [0.15, 0.2) is 24.4 Å². The van der Waals surface area contributed by atoms with Gasteiger partial charge in [0, 0.05) is 17.3 Å². The maximum atomic E-state index is 13.8. The molecule has 0 saturated heterocycles. The van der Waals surface area contributed by atoms with E-state index in [0.29, 0.717) is 33.8 Å². The van der Waals surface area contributed by atoms with Crippen molar-refractivity contribution in [2.75, 3.05) is 19.0 Å². The van der Waals surface area contributed by atoms with E-state index in [0.717, 1.165) is 0 Å². The van der Waals surface area contributed by atoms with E-state index in [1.54, 1.807) is 18.3 Å². The van der Waals surface area contributed by atoms with E-state index in [2.05, 4.69) is 22.1 Å². The number of H-pyrrole nitrogens is 1. The molecule has 1 aromatic heterocycles. The van der Waals surface area contributed by atoms with E-state index in [9.17, 15) is 9.18 Å². The number of methoxy groups -OCH3 is 1. The summed E-state index contributed by atoms with van der Waals surface area (Å²) >= 11 is 0. The summed E-state index contributed by atoms with van der Waals surface area (Å²) in [7, 11) is 1.52. The third-order valence-electron chi connectivity index (χ3n) is 3.70. The smallest absolute Gasteiger partial charge is 0.256 e. The van der Waals surface area contributed by atoms with Gasteiger partial charge in [0.25, 0.3) is 5.91 Å². The second kappa shape index (κ2) is 6.81. The first-order valence-corrected chi connectivity index (χ1v) is 7.49. The van der Waals surface area contributed by atoms with Gasteiger partial charge < -0.3 is 25.9 Å². The highest BCUT2D eigenvalue weighted by molar-refractivity contribution is 6.35. The van der Waals surface area contributed by atoms with Crippen LogP contribution in [0.3, 0.4) is 0 Å². The molecule has 0 radical (unpaired) electrons. The Kier molecular flexibility index (Phi) is 4.57. The number of carbonyl (C=O) groups is 1. The first-order valence-electron chi connectivity index (χ1n) is 7.49. The molecule has 1 aliphatic rings. The Balaban J connectivity index is 2.14. The largest absolute Gasteiger partial charge is 0.495 e. The quantitative estimate of drug-likeness (QED) is 0.500. The number of fused-ring (bicyclic) bond motifs is 1. The highest BCUT2D eigenvalue weighted by Crippen LogP contribution is 2.37. The summed E-state index contributed by atoms with van der Waals surface area (Å²) in [5, 5.41) is 11.6. The van der Waals surface area contributed by atoms with E-state index >= 15 is 0 Å². The lowest BCUT2D eigenvalue weighted by molar-refractivity contribution is -0.110. The lowest BCUT2D eigenvalue weighted by Gasteiger charge is -2.04. The molecule has 0 bridgehead atoms. The summed E-state index contributed by atoms with van der Waals surface area (Å²) in [4.78, 5) is 15.3. The number of anilines is 1. The molecule has 2 aromatic rings. The average molecular weight is 341 g/mol. The number of aliphatic hydroxyl groups excluding tert-OH is 1. The van der Waals surface area contributed by atoms with Crippen LogP contribution >= 0.6 is 0 Å². The summed E-state index contributed by atoms with van der Waals surface area (Å²) in [5.74, 6) is 5.06. The highest BCUT2D eigenvalue weighted by atomic mass is 19.1. The fraction of sp³-hybridized carbons (Fsp3) is 0.167. The van der Waals surface area contributed by atoms with Gasteiger partial charge in [-0.2, -0.15) is 0 Å². The van der Waals surface area contributed by atoms with Crippen LogP contribution in [0.5, 0.6) is 5.75 Å². The zero-order chi connectivity index (χ0) is 18.0. The van der Waals surface area contributed by atoms with E-state index in [4.69, 9.17) is 15.6 Å². The molecule has 1 amide bonds. The van der Waals surface area contributed by atoms with E-state index in [-0.39, 0.29) is 12.5 Å². The summed E-state index contributed by atoms with van der Waals surface area (Å²) in [6, 6.07) is 3.44. The van der Waals surface area contributed by atoms with Crippen LogP contribution in [0.1, 0.15) is 16.8 Å². The second-order valence-corrected chi connectivity index (χ2v) is 5.41. The normalized spacial score (nSPS) is 15.4. The minimum absolute atomic E-state index is 0.314. The molecule has 0 spiro atoms. The molecule has 7 heteroatoms. The molecule has 2 heterocycles. The Labute approximate surface area is 143 Å². The molecule has 25 heavy (non-hydrogen) atoms. The van der Waals surface area contributed by atoms with Crippen molar-refractivity contribution in [2.45, 2.75) is 6.04 Å². The third-order valence-corrected chi connectivity index (χ3v) is 3.70. The van der Waals surface area contributed by atoms with Crippen LogP contribution in [-0.4, -0.2) is 35.8 Å². The molecule has 5 N–H and O–H groups in total. The Bertz CT molecular complexity index is 921. The van der Waals surface area contributed by atoms with Crippen LogP contribution in [0.4, 0.5) is 10.1 Å². The molecule has 1 unspecified atom stereocenters. The van der Waals surface area contributed by atoms with Crippen molar-refractivity contribution in [3.8, 4) is 17.6 Å². The average Bonchev–Trinajstić information content (AvgIpc) is 3.16. The number of rotatable bonds is 3. The van der Waals surface area contributed by atoms with Gasteiger partial charge in [-0.15, -0.1) is 0 Å². The monoisotopic (exact) mass is 341 g/mol. The van der Waals surface area contributed by atoms with Crippen LogP contribution in [0.2, 0.25) is 0 Å². The van der Waals surface area contributed by atoms with Gasteiger partial charge in [0.05, 0.1) is 36.7 Å². The molecule has 3 rings (SSSR count). The lowest BCUT2D eigenvalue weighted by atomic mass is 9.99. The molecule has 6 nitrogen and oxygen atoms in total. The number of benzene rings is 1. The minimum Gasteiger partial charge on any atom is -0.495 e. The first-order chi connectivity index (χ1) is 12.0. The fourth-order valence-corrected chi connectivity index (χ4v) is 2.55. The predicted molar refractivity (Wildman–Crippen MR) is 92.2 cm³/mol. The van der Waals surface area contributed by atoms with Crippen molar-refractivity contribution in [2.24, 2.45) is 5.73 Å². The molecule has 0 fully saturated rings. The fourth-order valence-electron chi connectivity index (χ4n) is 2.55. The third kappa shape index (κ3) is 3.26. The molecule has 0 aliphatic carbocycles. The number of ether oxygens (including phenoxy) is 1. The van der Waals surface area contributed by atoms with Crippen molar-refractivity contribution in [1.82, 2.24) is 4.98 Å². The molecule has 1 aromatic carbocycles. The second-order valence-electron chi connectivity index (χ2n) is 5.41. The Morgan fingerprint density at radius 1 is 1.48 bits per heavy atom. The molecule has 0 saturated carbocycles. The lowest BCUT2D eigenvalue weighted by Crippen LogP contribution is -2.21. The van der Waals surface area contributed by atoms with Crippen molar-refractivity contribution in [3.05, 3.63) is 47.0 Å². The molecule has 128 valence electrons. The van der Waals surface area contributed by atoms with E-state index in [1.807, 2.05) is 0 Å². The van der Waals surface area contributed by atoms with Crippen LogP contribution < -0.4 is 15.8 Å².